The molecule has 1 aromatic heterocycles. The zero-order chi connectivity index (χ0) is 15.6. The highest BCUT2D eigenvalue weighted by molar-refractivity contribution is 6.30. The molecule has 2 aromatic rings. The Morgan fingerprint density at radius 1 is 1.43 bits per heavy atom. The van der Waals surface area contributed by atoms with E-state index in [0.29, 0.717) is 0 Å². The molecule has 0 bridgehead atoms. The van der Waals surface area contributed by atoms with Crippen molar-refractivity contribution in [1.29, 1.82) is 0 Å². The zero-order valence-electron chi connectivity index (χ0n) is 10.6. The summed E-state index contributed by atoms with van der Waals surface area (Å²) in [5.41, 5.74) is -1.36. The third kappa shape index (κ3) is 3.33. The third-order valence-electron chi connectivity index (χ3n) is 2.40. The highest BCUT2D eigenvalue weighted by Gasteiger charge is 2.35. The number of carbonyl (C=O) groups is 1. The molecule has 112 valence electrons. The molecular weight excluding hydrogens is 313 g/mol. The van der Waals surface area contributed by atoms with Crippen LogP contribution in [-0.2, 0) is 10.9 Å². The Morgan fingerprint density at radius 2 is 2.14 bits per heavy atom. The first-order valence-electron chi connectivity index (χ1n) is 5.71. The first-order chi connectivity index (χ1) is 9.82. The maximum absolute atomic E-state index is 13.0. The Labute approximate surface area is 121 Å². The number of hydrogen-bond acceptors (Lipinski definition) is 5. The van der Waals surface area contributed by atoms with Crippen LogP contribution in [0.4, 0.5) is 13.2 Å². The molecule has 0 N–H and O–H groups in total. The third-order valence-corrected chi connectivity index (χ3v) is 2.64. The number of nitrogens with zero attached hydrogens (tertiary/aromatic N) is 2. The summed E-state index contributed by atoms with van der Waals surface area (Å²) in [7, 11) is 0. The van der Waals surface area contributed by atoms with Crippen molar-refractivity contribution >= 4 is 17.6 Å². The van der Waals surface area contributed by atoms with Gasteiger partial charge in [-0.05, 0) is 25.1 Å². The molecule has 0 aliphatic carbocycles. The maximum atomic E-state index is 13.0. The first kappa shape index (κ1) is 15.3. The molecule has 0 amide bonds. The number of esters is 1. The van der Waals surface area contributed by atoms with E-state index in [0.717, 1.165) is 12.1 Å². The van der Waals surface area contributed by atoms with Crippen molar-refractivity contribution in [3.8, 4) is 11.4 Å². The Hall–Kier alpha value is -2.09. The van der Waals surface area contributed by atoms with E-state index in [9.17, 15) is 18.0 Å². The Kier molecular flexibility index (Phi) is 4.17. The number of rotatable bonds is 3. The highest BCUT2D eigenvalue weighted by Crippen LogP contribution is 2.37. The Bertz CT molecular complexity index is 670. The average Bonchev–Trinajstić information content (AvgIpc) is 2.87. The molecule has 0 aliphatic rings. The summed E-state index contributed by atoms with van der Waals surface area (Å²) in [6, 6.07) is 3.11. The quantitative estimate of drug-likeness (QED) is 0.809. The normalized spacial score (nSPS) is 11.5. The molecule has 0 atom stereocenters. The van der Waals surface area contributed by atoms with Gasteiger partial charge in [-0.1, -0.05) is 16.8 Å². The van der Waals surface area contributed by atoms with Crippen LogP contribution in [0.25, 0.3) is 11.4 Å². The fourth-order valence-corrected chi connectivity index (χ4v) is 1.73. The number of hydrogen-bond donors (Lipinski definition) is 0. The maximum Gasteiger partial charge on any atom is 0.417 e. The van der Waals surface area contributed by atoms with Crippen molar-refractivity contribution in [3.05, 3.63) is 34.7 Å². The van der Waals surface area contributed by atoms with Gasteiger partial charge in [0.15, 0.2) is 0 Å². The molecule has 0 aliphatic heterocycles. The Morgan fingerprint density at radius 3 is 2.76 bits per heavy atom. The van der Waals surface area contributed by atoms with Crippen LogP contribution in [0.15, 0.2) is 22.7 Å². The standard InChI is InChI=1S/C12H8ClF3N2O3/c1-2-20-11(19)10-17-9(18-21-10)7-4-3-6(13)5-8(7)12(14,15)16/h3-5H,2H2,1H3. The second kappa shape index (κ2) is 5.72. The van der Waals surface area contributed by atoms with Crippen LogP contribution in [0.3, 0.4) is 0 Å². The molecule has 1 heterocycles. The molecule has 0 saturated heterocycles. The van der Waals surface area contributed by atoms with E-state index in [1.807, 2.05) is 0 Å². The van der Waals surface area contributed by atoms with Crippen LogP contribution in [0.5, 0.6) is 0 Å². The molecule has 21 heavy (non-hydrogen) atoms. The SMILES string of the molecule is CCOC(=O)c1nc(-c2ccc(Cl)cc2C(F)(F)F)no1. The lowest BCUT2D eigenvalue weighted by Gasteiger charge is -2.10. The first-order valence-corrected chi connectivity index (χ1v) is 6.08. The number of benzene rings is 1. The smallest absolute Gasteiger partial charge is 0.417 e. The second-order valence-electron chi connectivity index (χ2n) is 3.83. The van der Waals surface area contributed by atoms with Crippen LogP contribution < -0.4 is 0 Å². The Balaban J connectivity index is 2.46. The lowest BCUT2D eigenvalue weighted by Crippen LogP contribution is -2.08. The van der Waals surface area contributed by atoms with Crippen molar-refractivity contribution in [2.75, 3.05) is 6.61 Å². The fourth-order valence-electron chi connectivity index (χ4n) is 1.55. The predicted octanol–water partition coefficient (Wildman–Crippen LogP) is 3.59. The highest BCUT2D eigenvalue weighted by atomic mass is 35.5. The molecule has 2 rings (SSSR count). The van der Waals surface area contributed by atoms with Gasteiger partial charge in [-0.2, -0.15) is 18.2 Å². The van der Waals surface area contributed by atoms with Crippen LogP contribution in [-0.4, -0.2) is 22.7 Å². The van der Waals surface area contributed by atoms with Crippen molar-refractivity contribution in [3.63, 3.8) is 0 Å². The van der Waals surface area contributed by atoms with E-state index >= 15 is 0 Å². The van der Waals surface area contributed by atoms with Crippen molar-refractivity contribution in [1.82, 2.24) is 10.1 Å². The summed E-state index contributed by atoms with van der Waals surface area (Å²) < 4.78 is 48.1. The van der Waals surface area contributed by atoms with Gasteiger partial charge in [0, 0.05) is 10.6 Å². The molecular formula is C12H8ClF3N2O3. The molecule has 5 nitrogen and oxygen atoms in total. The second-order valence-corrected chi connectivity index (χ2v) is 4.27. The van der Waals surface area contributed by atoms with Crippen molar-refractivity contribution < 1.29 is 27.2 Å². The molecule has 1 aromatic carbocycles. The predicted molar refractivity (Wildman–Crippen MR) is 65.7 cm³/mol. The number of halogens is 4. The minimum absolute atomic E-state index is 0.0747. The van der Waals surface area contributed by atoms with Gasteiger partial charge in [0.1, 0.15) is 0 Å². The van der Waals surface area contributed by atoms with Crippen molar-refractivity contribution in [2.24, 2.45) is 0 Å². The number of aromatic nitrogens is 2. The minimum Gasteiger partial charge on any atom is -0.459 e. The topological polar surface area (TPSA) is 65.2 Å². The number of alkyl halides is 3. The van der Waals surface area contributed by atoms with Gasteiger partial charge in [0.2, 0.25) is 5.82 Å². The van der Waals surface area contributed by atoms with Gasteiger partial charge in [-0.15, -0.1) is 0 Å². The number of carbonyl (C=O) groups excluding carboxylic acids is 1. The zero-order valence-corrected chi connectivity index (χ0v) is 11.3. The van der Waals surface area contributed by atoms with E-state index < -0.39 is 23.6 Å². The van der Waals surface area contributed by atoms with E-state index in [2.05, 4.69) is 19.4 Å². The average molecular weight is 321 g/mol. The van der Waals surface area contributed by atoms with Gasteiger partial charge >= 0.3 is 18.0 Å². The van der Waals surface area contributed by atoms with E-state index in [1.165, 1.54) is 6.07 Å². The monoisotopic (exact) mass is 320 g/mol. The minimum atomic E-state index is -4.65. The lowest BCUT2D eigenvalue weighted by atomic mass is 10.1. The van der Waals surface area contributed by atoms with Gasteiger partial charge in [-0.25, -0.2) is 4.79 Å². The summed E-state index contributed by atoms with van der Waals surface area (Å²) in [6.45, 7) is 1.64. The molecule has 0 radical (unpaired) electrons. The van der Waals surface area contributed by atoms with E-state index in [4.69, 9.17) is 11.6 Å². The van der Waals surface area contributed by atoms with Crippen LogP contribution in [0.2, 0.25) is 5.02 Å². The summed E-state index contributed by atoms with van der Waals surface area (Å²) in [6.07, 6.45) is -4.65. The fraction of sp³-hybridized carbons (Fsp3) is 0.250. The van der Waals surface area contributed by atoms with Crippen LogP contribution in [0, 0.1) is 0 Å². The summed E-state index contributed by atoms with van der Waals surface area (Å²) in [4.78, 5) is 15.0. The lowest BCUT2D eigenvalue weighted by molar-refractivity contribution is -0.137. The van der Waals surface area contributed by atoms with Crippen LogP contribution in [0.1, 0.15) is 23.2 Å². The van der Waals surface area contributed by atoms with Crippen LogP contribution >= 0.6 is 11.6 Å². The molecule has 0 spiro atoms. The van der Waals surface area contributed by atoms with Gasteiger partial charge in [0.05, 0.1) is 12.2 Å². The molecule has 9 heteroatoms. The summed E-state index contributed by atoms with van der Waals surface area (Å²) >= 11 is 5.57. The summed E-state index contributed by atoms with van der Waals surface area (Å²) in [5, 5.41) is 3.28. The molecule has 0 unspecified atom stereocenters. The van der Waals surface area contributed by atoms with E-state index in [1.54, 1.807) is 6.92 Å². The largest absolute Gasteiger partial charge is 0.459 e. The van der Waals surface area contributed by atoms with Gasteiger partial charge in [-0.3, -0.25) is 0 Å². The van der Waals surface area contributed by atoms with Crippen molar-refractivity contribution in [2.45, 2.75) is 13.1 Å². The molecule has 0 fully saturated rings. The van der Waals surface area contributed by atoms with Gasteiger partial charge < -0.3 is 9.26 Å². The number of ether oxygens (including phenoxy) is 1. The van der Waals surface area contributed by atoms with Gasteiger partial charge in [0.25, 0.3) is 0 Å². The van der Waals surface area contributed by atoms with E-state index in [-0.39, 0.29) is 23.0 Å². The molecule has 0 saturated carbocycles. The summed E-state index contributed by atoms with van der Waals surface area (Å²) in [5.74, 6) is -1.80.